The topological polar surface area (TPSA) is 116 Å². The highest BCUT2D eigenvalue weighted by molar-refractivity contribution is 5.83. The van der Waals surface area contributed by atoms with Crippen molar-refractivity contribution >= 4 is 17.5 Å². The van der Waals surface area contributed by atoms with Gasteiger partial charge in [-0.1, -0.05) is 0 Å². The number of hydrogen-bond donors (Lipinski definition) is 2. The zero-order valence-corrected chi connectivity index (χ0v) is 19.8. The van der Waals surface area contributed by atoms with Crippen molar-refractivity contribution in [3.05, 3.63) is 40.1 Å². The number of ether oxygens (including phenoxy) is 1. The SMILES string of the molecule is C[C@@H](COC1CCN(C2CCN(c3ncc(C(F)F)cn3)CC2)C1=O)Nc1cn[nH]c(=O)c1C(F)(F)F. The van der Waals surface area contributed by atoms with Crippen molar-refractivity contribution in [2.75, 3.05) is 36.5 Å². The lowest BCUT2D eigenvalue weighted by Crippen LogP contribution is -2.47. The Morgan fingerprint density at radius 3 is 2.41 bits per heavy atom. The lowest BCUT2D eigenvalue weighted by atomic mass is 10.0. The highest BCUT2D eigenvalue weighted by atomic mass is 19.4. The molecule has 37 heavy (non-hydrogen) atoms. The number of nitrogens with zero attached hydrogens (tertiary/aromatic N) is 5. The van der Waals surface area contributed by atoms with E-state index in [2.05, 4.69) is 20.4 Å². The number of piperidine rings is 1. The Labute approximate surface area is 208 Å². The van der Waals surface area contributed by atoms with Crippen LogP contribution in [0.1, 0.15) is 43.7 Å². The molecule has 2 aromatic rings. The molecule has 2 N–H and O–H groups in total. The van der Waals surface area contributed by atoms with E-state index in [0.29, 0.717) is 44.8 Å². The molecular formula is C22H26F5N7O3. The van der Waals surface area contributed by atoms with Gasteiger partial charge in [0.1, 0.15) is 11.7 Å². The fourth-order valence-electron chi connectivity index (χ4n) is 4.53. The number of aromatic nitrogens is 4. The summed E-state index contributed by atoms with van der Waals surface area (Å²) in [5.41, 5.74) is -3.44. The molecule has 0 saturated carbocycles. The standard InChI is InChI=1S/C22H26F5N7O3/c1-12(31-15-10-30-32-19(35)17(15)22(25,26)27)11-37-16-4-7-34(20(16)36)14-2-5-33(6-3-14)21-28-8-13(9-29-21)18(23)24/h8-10,12,14,16,18H,2-7,11H2,1H3,(H2,31,32,35)/t12-,16?/m0/s1. The average molecular weight is 531 g/mol. The first-order valence-corrected chi connectivity index (χ1v) is 11.7. The Morgan fingerprint density at radius 2 is 1.78 bits per heavy atom. The molecule has 2 aliphatic rings. The van der Waals surface area contributed by atoms with Crippen molar-refractivity contribution in [3.63, 3.8) is 0 Å². The molecule has 0 radical (unpaired) electrons. The number of alkyl halides is 5. The first-order chi connectivity index (χ1) is 17.5. The molecule has 0 aromatic carbocycles. The number of H-pyrrole nitrogens is 1. The smallest absolute Gasteiger partial charge is 0.378 e. The Balaban J connectivity index is 1.27. The lowest BCUT2D eigenvalue weighted by molar-refractivity contribution is -0.139. The van der Waals surface area contributed by atoms with Crippen molar-refractivity contribution < 1.29 is 31.5 Å². The number of likely N-dealkylation sites (tertiary alicyclic amines) is 1. The monoisotopic (exact) mass is 531 g/mol. The van der Waals surface area contributed by atoms with Crippen LogP contribution in [-0.2, 0) is 15.7 Å². The van der Waals surface area contributed by atoms with Gasteiger partial charge in [-0.3, -0.25) is 9.59 Å². The fourth-order valence-corrected chi connectivity index (χ4v) is 4.53. The van der Waals surface area contributed by atoms with Gasteiger partial charge in [-0.25, -0.2) is 23.8 Å². The van der Waals surface area contributed by atoms with Gasteiger partial charge in [0.05, 0.1) is 24.1 Å². The maximum Gasteiger partial charge on any atom is 0.423 e. The van der Waals surface area contributed by atoms with Crippen LogP contribution in [0.25, 0.3) is 0 Å². The van der Waals surface area contributed by atoms with Crippen LogP contribution in [0.5, 0.6) is 0 Å². The minimum absolute atomic E-state index is 0.0234. The number of nitrogens with one attached hydrogen (secondary N) is 2. The summed E-state index contributed by atoms with van der Waals surface area (Å²) in [6.45, 7) is 3.12. The Morgan fingerprint density at radius 1 is 1.11 bits per heavy atom. The van der Waals surface area contributed by atoms with Gasteiger partial charge >= 0.3 is 6.18 Å². The van der Waals surface area contributed by atoms with Crippen LogP contribution < -0.4 is 15.8 Å². The summed E-state index contributed by atoms with van der Waals surface area (Å²) >= 11 is 0. The molecule has 10 nitrogen and oxygen atoms in total. The molecule has 2 fully saturated rings. The molecule has 1 unspecified atom stereocenters. The third-order valence-electron chi connectivity index (χ3n) is 6.38. The van der Waals surface area contributed by atoms with E-state index in [9.17, 15) is 31.5 Å². The minimum atomic E-state index is -4.86. The van der Waals surface area contributed by atoms with Crippen molar-refractivity contribution in [3.8, 4) is 0 Å². The van der Waals surface area contributed by atoms with Crippen molar-refractivity contribution in [2.45, 2.75) is 57.0 Å². The summed E-state index contributed by atoms with van der Waals surface area (Å²) < 4.78 is 70.8. The van der Waals surface area contributed by atoms with Gasteiger partial charge in [0.2, 0.25) is 5.95 Å². The van der Waals surface area contributed by atoms with E-state index >= 15 is 0 Å². The number of carbonyl (C=O) groups is 1. The van der Waals surface area contributed by atoms with Gasteiger partial charge in [0, 0.05) is 50.5 Å². The Hall–Kier alpha value is -3.36. The van der Waals surface area contributed by atoms with Crippen LogP contribution in [-0.4, -0.2) is 75.4 Å². The zero-order valence-electron chi connectivity index (χ0n) is 19.8. The van der Waals surface area contributed by atoms with Crippen LogP contribution in [0.4, 0.5) is 33.6 Å². The Bertz CT molecular complexity index is 1140. The molecule has 1 amide bonds. The molecular weight excluding hydrogens is 505 g/mol. The van der Waals surface area contributed by atoms with E-state index in [1.54, 1.807) is 16.9 Å². The van der Waals surface area contributed by atoms with Gasteiger partial charge < -0.3 is 19.9 Å². The summed E-state index contributed by atoms with van der Waals surface area (Å²) in [7, 11) is 0. The van der Waals surface area contributed by atoms with Gasteiger partial charge in [0.25, 0.3) is 17.9 Å². The lowest BCUT2D eigenvalue weighted by Gasteiger charge is -2.36. The second kappa shape index (κ2) is 10.9. The van der Waals surface area contributed by atoms with Gasteiger partial charge in [-0.05, 0) is 19.8 Å². The third-order valence-corrected chi connectivity index (χ3v) is 6.38. The molecule has 4 rings (SSSR count). The molecule has 2 atom stereocenters. The number of carbonyl (C=O) groups excluding carboxylic acids is 1. The van der Waals surface area contributed by atoms with Gasteiger partial charge in [-0.15, -0.1) is 0 Å². The summed E-state index contributed by atoms with van der Waals surface area (Å²) in [4.78, 5) is 36.2. The second-order valence-corrected chi connectivity index (χ2v) is 9.01. The van der Waals surface area contributed by atoms with Crippen molar-refractivity contribution in [2.24, 2.45) is 0 Å². The number of hydrogen-bond acceptors (Lipinski definition) is 8. The first kappa shape index (κ1) is 26.7. The van der Waals surface area contributed by atoms with Crippen molar-refractivity contribution in [1.82, 2.24) is 25.1 Å². The van der Waals surface area contributed by atoms with Crippen LogP contribution in [0, 0.1) is 0 Å². The van der Waals surface area contributed by atoms with Crippen LogP contribution >= 0.6 is 0 Å². The summed E-state index contributed by atoms with van der Waals surface area (Å²) in [6, 6.07) is -0.657. The summed E-state index contributed by atoms with van der Waals surface area (Å²) in [5, 5.41) is 7.78. The molecule has 0 bridgehead atoms. The van der Waals surface area contributed by atoms with Crippen molar-refractivity contribution in [1.29, 1.82) is 0 Å². The number of halogens is 5. The highest BCUT2D eigenvalue weighted by Gasteiger charge is 2.39. The summed E-state index contributed by atoms with van der Waals surface area (Å²) in [5.74, 6) is 0.180. The highest BCUT2D eigenvalue weighted by Crippen LogP contribution is 2.32. The van der Waals surface area contributed by atoms with E-state index in [4.69, 9.17) is 4.74 Å². The molecule has 2 aromatic heterocycles. The molecule has 4 heterocycles. The number of rotatable bonds is 8. The molecule has 0 aliphatic carbocycles. The summed E-state index contributed by atoms with van der Waals surface area (Å²) in [6.07, 6.45) is -3.37. The van der Waals surface area contributed by atoms with Crippen LogP contribution in [0.15, 0.2) is 23.4 Å². The average Bonchev–Trinajstić information content (AvgIpc) is 3.22. The van der Waals surface area contributed by atoms with Gasteiger partial charge in [0.15, 0.2) is 0 Å². The van der Waals surface area contributed by atoms with E-state index in [1.807, 2.05) is 4.90 Å². The normalized spacial score (nSPS) is 20.1. The Kier molecular flexibility index (Phi) is 7.90. The maximum absolute atomic E-state index is 13.2. The molecule has 2 aliphatic heterocycles. The zero-order chi connectivity index (χ0) is 26.7. The molecule has 2 saturated heterocycles. The number of amides is 1. The van der Waals surface area contributed by atoms with Gasteiger partial charge in [-0.2, -0.15) is 18.3 Å². The fraction of sp³-hybridized carbons (Fsp3) is 0.591. The number of anilines is 2. The van der Waals surface area contributed by atoms with E-state index in [1.165, 1.54) is 0 Å². The predicted octanol–water partition coefficient (Wildman–Crippen LogP) is 2.60. The van der Waals surface area contributed by atoms with E-state index in [0.717, 1.165) is 18.6 Å². The molecule has 0 spiro atoms. The minimum Gasteiger partial charge on any atom is -0.378 e. The third kappa shape index (κ3) is 6.14. The first-order valence-electron chi connectivity index (χ1n) is 11.7. The van der Waals surface area contributed by atoms with E-state index in [-0.39, 0.29) is 24.1 Å². The quantitative estimate of drug-likeness (QED) is 0.500. The maximum atomic E-state index is 13.2. The van der Waals surface area contributed by atoms with E-state index < -0.39 is 41.6 Å². The number of aromatic amines is 1. The second-order valence-electron chi connectivity index (χ2n) is 9.01. The molecule has 202 valence electrons. The van der Waals surface area contributed by atoms with Crippen LogP contribution in [0.2, 0.25) is 0 Å². The predicted molar refractivity (Wildman–Crippen MR) is 121 cm³/mol. The molecule has 15 heteroatoms. The van der Waals surface area contributed by atoms with Crippen LogP contribution in [0.3, 0.4) is 0 Å². The largest absolute Gasteiger partial charge is 0.423 e.